The first-order chi connectivity index (χ1) is 9.65. The number of aryl methyl sites for hydroxylation is 2. The van der Waals surface area contributed by atoms with Crippen molar-refractivity contribution >= 4 is 22.9 Å². The number of nitrogens with zero attached hydrogens (tertiary/aromatic N) is 2. The quantitative estimate of drug-likeness (QED) is 0.781. The Labute approximate surface area is 123 Å². The van der Waals surface area contributed by atoms with Crippen molar-refractivity contribution < 1.29 is 0 Å². The van der Waals surface area contributed by atoms with Crippen LogP contribution in [0.3, 0.4) is 0 Å². The van der Waals surface area contributed by atoms with Crippen molar-refractivity contribution in [1.29, 1.82) is 0 Å². The predicted octanol–water partition coefficient (Wildman–Crippen LogP) is 4.22. The van der Waals surface area contributed by atoms with E-state index < -0.39 is 0 Å². The lowest BCUT2D eigenvalue weighted by molar-refractivity contribution is 0.986. The molecule has 3 nitrogen and oxygen atoms in total. The van der Waals surface area contributed by atoms with Gasteiger partial charge in [-0.15, -0.1) is 0 Å². The first-order valence-electron chi connectivity index (χ1n) is 6.58. The Balaban J connectivity index is 1.90. The fourth-order valence-corrected chi connectivity index (χ4v) is 2.52. The van der Waals surface area contributed by atoms with E-state index in [4.69, 9.17) is 11.6 Å². The van der Waals surface area contributed by atoms with Gasteiger partial charge in [0.2, 0.25) is 0 Å². The van der Waals surface area contributed by atoms with Crippen LogP contribution in [0, 0.1) is 13.8 Å². The molecule has 0 spiro atoms. The Morgan fingerprint density at radius 1 is 1.20 bits per heavy atom. The van der Waals surface area contributed by atoms with Gasteiger partial charge in [-0.1, -0.05) is 23.7 Å². The molecule has 0 radical (unpaired) electrons. The number of fused-ring (bicyclic) bond motifs is 1. The highest BCUT2D eigenvalue weighted by atomic mass is 35.5. The van der Waals surface area contributed by atoms with Crippen LogP contribution in [0.25, 0.3) is 5.65 Å². The van der Waals surface area contributed by atoms with Gasteiger partial charge < -0.3 is 9.72 Å². The van der Waals surface area contributed by atoms with Gasteiger partial charge in [-0.2, -0.15) is 0 Å². The second kappa shape index (κ2) is 5.17. The molecule has 1 N–H and O–H groups in total. The summed E-state index contributed by atoms with van der Waals surface area (Å²) in [6.45, 7) is 4.78. The van der Waals surface area contributed by atoms with Crippen LogP contribution >= 0.6 is 11.6 Å². The van der Waals surface area contributed by atoms with Crippen LogP contribution in [0.1, 0.15) is 17.0 Å². The fourth-order valence-electron chi connectivity index (χ4n) is 2.33. The van der Waals surface area contributed by atoms with Gasteiger partial charge in [0.1, 0.15) is 5.65 Å². The van der Waals surface area contributed by atoms with Crippen LogP contribution < -0.4 is 5.32 Å². The van der Waals surface area contributed by atoms with Crippen LogP contribution in [0.4, 0.5) is 5.69 Å². The fraction of sp³-hybridized carbons (Fsp3) is 0.188. The minimum atomic E-state index is 0.695. The van der Waals surface area contributed by atoms with Gasteiger partial charge in [0.05, 0.1) is 28.6 Å². The van der Waals surface area contributed by atoms with Gasteiger partial charge in [-0.25, -0.2) is 4.98 Å². The summed E-state index contributed by atoms with van der Waals surface area (Å²) < 4.78 is 2.10. The van der Waals surface area contributed by atoms with E-state index in [1.165, 1.54) is 5.56 Å². The number of imidazole rings is 1. The second-order valence-corrected chi connectivity index (χ2v) is 5.32. The summed E-state index contributed by atoms with van der Waals surface area (Å²) in [6.07, 6.45) is 2.03. The number of halogens is 1. The van der Waals surface area contributed by atoms with E-state index in [0.717, 1.165) is 27.7 Å². The lowest BCUT2D eigenvalue weighted by Gasteiger charge is -2.10. The lowest BCUT2D eigenvalue weighted by Crippen LogP contribution is -2.04. The summed E-state index contributed by atoms with van der Waals surface area (Å²) in [7, 11) is 0. The van der Waals surface area contributed by atoms with Crippen molar-refractivity contribution in [3.8, 4) is 0 Å². The van der Waals surface area contributed by atoms with E-state index in [0.29, 0.717) is 6.54 Å². The van der Waals surface area contributed by atoms with E-state index in [1.54, 1.807) is 0 Å². The Kier molecular flexibility index (Phi) is 3.36. The molecular formula is C16H16ClN3. The van der Waals surface area contributed by atoms with E-state index >= 15 is 0 Å². The van der Waals surface area contributed by atoms with Gasteiger partial charge in [0.15, 0.2) is 0 Å². The Bertz CT molecular complexity index is 762. The maximum Gasteiger partial charge on any atom is 0.137 e. The molecule has 3 rings (SSSR count). The summed E-state index contributed by atoms with van der Waals surface area (Å²) >= 11 is 6.21. The monoisotopic (exact) mass is 285 g/mol. The van der Waals surface area contributed by atoms with Crippen molar-refractivity contribution in [3.05, 3.63) is 64.6 Å². The van der Waals surface area contributed by atoms with Gasteiger partial charge in [-0.05, 0) is 43.7 Å². The van der Waals surface area contributed by atoms with Crippen molar-refractivity contribution in [2.24, 2.45) is 0 Å². The molecule has 20 heavy (non-hydrogen) atoms. The number of hydrogen-bond acceptors (Lipinski definition) is 2. The minimum Gasteiger partial charge on any atom is -0.378 e. The van der Waals surface area contributed by atoms with Crippen molar-refractivity contribution in [1.82, 2.24) is 9.38 Å². The van der Waals surface area contributed by atoms with Crippen molar-refractivity contribution in [2.45, 2.75) is 20.4 Å². The SMILES string of the molecule is Cc1ccc(Cl)c(NCc2c(C)nc3ccccn23)c1. The summed E-state index contributed by atoms with van der Waals surface area (Å²) in [5.74, 6) is 0. The number of rotatable bonds is 3. The number of hydrogen-bond donors (Lipinski definition) is 1. The van der Waals surface area contributed by atoms with Crippen LogP contribution in [0.15, 0.2) is 42.6 Å². The van der Waals surface area contributed by atoms with Crippen LogP contribution in [0.2, 0.25) is 5.02 Å². The third kappa shape index (κ3) is 2.37. The average molecular weight is 286 g/mol. The van der Waals surface area contributed by atoms with Crippen LogP contribution in [0.5, 0.6) is 0 Å². The number of benzene rings is 1. The standard InChI is InChI=1S/C16H16ClN3/c1-11-6-7-13(17)14(9-11)18-10-15-12(2)19-16-5-3-4-8-20(15)16/h3-9,18H,10H2,1-2H3. The number of pyridine rings is 1. The highest BCUT2D eigenvalue weighted by molar-refractivity contribution is 6.33. The third-order valence-electron chi connectivity index (χ3n) is 3.40. The maximum absolute atomic E-state index is 6.21. The average Bonchev–Trinajstić information content (AvgIpc) is 2.75. The first-order valence-corrected chi connectivity index (χ1v) is 6.95. The molecule has 0 aliphatic heterocycles. The normalized spacial score (nSPS) is 10.9. The second-order valence-electron chi connectivity index (χ2n) is 4.91. The smallest absolute Gasteiger partial charge is 0.137 e. The Hall–Kier alpha value is -2.00. The molecule has 1 aromatic carbocycles. The summed E-state index contributed by atoms with van der Waals surface area (Å²) in [6, 6.07) is 12.0. The number of aromatic nitrogens is 2. The largest absolute Gasteiger partial charge is 0.378 e. The van der Waals surface area contributed by atoms with Gasteiger partial charge in [0, 0.05) is 6.20 Å². The summed E-state index contributed by atoms with van der Waals surface area (Å²) in [5.41, 5.74) is 5.30. The van der Waals surface area contributed by atoms with E-state index in [9.17, 15) is 0 Å². The molecule has 102 valence electrons. The maximum atomic E-state index is 6.21. The number of anilines is 1. The molecule has 0 amide bonds. The molecule has 2 aromatic heterocycles. The van der Waals surface area contributed by atoms with Gasteiger partial charge >= 0.3 is 0 Å². The summed E-state index contributed by atoms with van der Waals surface area (Å²) in [5, 5.41) is 4.13. The van der Waals surface area contributed by atoms with E-state index in [1.807, 2.05) is 43.5 Å². The van der Waals surface area contributed by atoms with E-state index in [2.05, 4.69) is 27.7 Å². The Morgan fingerprint density at radius 3 is 2.90 bits per heavy atom. The molecule has 0 fully saturated rings. The zero-order valence-corrected chi connectivity index (χ0v) is 12.3. The Morgan fingerprint density at radius 2 is 2.05 bits per heavy atom. The molecule has 0 atom stereocenters. The highest BCUT2D eigenvalue weighted by Gasteiger charge is 2.08. The predicted molar refractivity (Wildman–Crippen MR) is 83.4 cm³/mol. The molecule has 4 heteroatoms. The lowest BCUT2D eigenvalue weighted by atomic mass is 10.2. The summed E-state index contributed by atoms with van der Waals surface area (Å²) in [4.78, 5) is 4.56. The van der Waals surface area contributed by atoms with Crippen LogP contribution in [-0.2, 0) is 6.54 Å². The third-order valence-corrected chi connectivity index (χ3v) is 3.73. The molecule has 2 heterocycles. The first kappa shape index (κ1) is 13.0. The molecule has 0 saturated heterocycles. The molecule has 0 unspecified atom stereocenters. The molecule has 3 aromatic rings. The van der Waals surface area contributed by atoms with Crippen molar-refractivity contribution in [3.63, 3.8) is 0 Å². The molecule has 0 bridgehead atoms. The zero-order valence-electron chi connectivity index (χ0n) is 11.5. The topological polar surface area (TPSA) is 29.3 Å². The molecular weight excluding hydrogens is 270 g/mol. The van der Waals surface area contributed by atoms with Gasteiger partial charge in [-0.3, -0.25) is 0 Å². The molecule has 0 aliphatic carbocycles. The van der Waals surface area contributed by atoms with E-state index in [-0.39, 0.29) is 0 Å². The molecule has 0 saturated carbocycles. The number of nitrogens with one attached hydrogen (secondary N) is 1. The van der Waals surface area contributed by atoms with Gasteiger partial charge in [0.25, 0.3) is 0 Å². The molecule has 0 aliphatic rings. The van der Waals surface area contributed by atoms with Crippen molar-refractivity contribution in [2.75, 3.05) is 5.32 Å². The highest BCUT2D eigenvalue weighted by Crippen LogP contribution is 2.24. The zero-order chi connectivity index (χ0) is 14.1. The van der Waals surface area contributed by atoms with Crippen LogP contribution in [-0.4, -0.2) is 9.38 Å². The minimum absolute atomic E-state index is 0.695.